The van der Waals surface area contributed by atoms with E-state index in [0.717, 1.165) is 5.56 Å². The molecule has 2 unspecified atom stereocenters. The van der Waals surface area contributed by atoms with E-state index >= 15 is 0 Å². The molecular weight excluding hydrogens is 325 g/mol. The fourth-order valence-electron chi connectivity index (χ4n) is 2.68. The molecule has 0 bridgehead atoms. The first-order valence-corrected chi connectivity index (χ1v) is 7.85. The lowest BCUT2D eigenvalue weighted by Gasteiger charge is -2.21. The summed E-state index contributed by atoms with van der Waals surface area (Å²) in [6, 6.07) is 12.1. The van der Waals surface area contributed by atoms with E-state index in [2.05, 4.69) is 0 Å². The summed E-state index contributed by atoms with van der Waals surface area (Å²) in [7, 11) is 0. The van der Waals surface area contributed by atoms with E-state index in [1.54, 1.807) is 38.1 Å². The van der Waals surface area contributed by atoms with E-state index in [1.807, 2.05) is 0 Å². The van der Waals surface area contributed by atoms with Crippen LogP contribution in [0.4, 0.5) is 4.39 Å². The van der Waals surface area contributed by atoms with Gasteiger partial charge in [-0.2, -0.15) is 0 Å². The molecule has 2 aromatic carbocycles. The Kier molecular flexibility index (Phi) is 4.35. The number of hydrogen-bond donors (Lipinski definition) is 0. The van der Waals surface area contributed by atoms with Crippen LogP contribution in [0.25, 0.3) is 0 Å². The Bertz CT molecular complexity index is 812. The highest BCUT2D eigenvalue weighted by molar-refractivity contribution is 6.20. The van der Waals surface area contributed by atoms with Crippen LogP contribution in [0.5, 0.6) is 0 Å². The number of rotatable bonds is 4. The normalized spacial score (nSPS) is 15.7. The lowest BCUT2D eigenvalue weighted by atomic mass is 9.89. The largest absolute Gasteiger partial charge is 0.336 e. The number of fused-ring (bicyclic) bond motifs is 1. The topological polar surface area (TPSA) is 63.7 Å². The molecule has 3 rings (SSSR count). The third kappa shape index (κ3) is 3.03. The maximum atomic E-state index is 13.0. The molecule has 1 aliphatic heterocycles. The minimum Gasteiger partial charge on any atom is -0.329 e. The quantitative estimate of drug-likeness (QED) is 0.800. The molecule has 5 nitrogen and oxygen atoms in total. The number of amides is 2. The summed E-state index contributed by atoms with van der Waals surface area (Å²) in [6.45, 7) is 3.43. The molecule has 0 saturated heterocycles. The molecule has 6 heteroatoms. The Morgan fingerprint density at radius 3 is 2.00 bits per heavy atom. The van der Waals surface area contributed by atoms with Crippen molar-refractivity contribution in [2.45, 2.75) is 19.8 Å². The maximum Gasteiger partial charge on any atom is 0.336 e. The van der Waals surface area contributed by atoms with Crippen LogP contribution in [0.2, 0.25) is 0 Å². The molecule has 0 aromatic heterocycles. The Morgan fingerprint density at radius 2 is 1.48 bits per heavy atom. The predicted molar refractivity (Wildman–Crippen MR) is 87.0 cm³/mol. The van der Waals surface area contributed by atoms with Gasteiger partial charge in [0.1, 0.15) is 5.82 Å². The van der Waals surface area contributed by atoms with Crippen molar-refractivity contribution in [1.29, 1.82) is 0 Å². The van der Waals surface area contributed by atoms with E-state index in [0.29, 0.717) is 5.06 Å². The standard InChI is InChI=1S/C19H16FNO4/c1-11(13-7-9-14(20)10-8-13)12(2)19(24)25-21-17(22)15-5-3-4-6-16(15)18(21)23/h3-12H,1-2H3. The van der Waals surface area contributed by atoms with Gasteiger partial charge in [0.2, 0.25) is 0 Å². The van der Waals surface area contributed by atoms with Crippen molar-refractivity contribution in [3.63, 3.8) is 0 Å². The number of hydroxylamine groups is 2. The zero-order valence-corrected chi connectivity index (χ0v) is 13.7. The SMILES string of the molecule is CC(C(=O)ON1C(=O)c2ccccc2C1=O)C(C)c1ccc(F)cc1. The van der Waals surface area contributed by atoms with Gasteiger partial charge in [0.15, 0.2) is 0 Å². The third-order valence-electron chi connectivity index (χ3n) is 4.46. The van der Waals surface area contributed by atoms with Crippen LogP contribution in [0.3, 0.4) is 0 Å². The van der Waals surface area contributed by atoms with Gasteiger partial charge >= 0.3 is 5.97 Å². The van der Waals surface area contributed by atoms with Crippen molar-refractivity contribution in [1.82, 2.24) is 5.06 Å². The van der Waals surface area contributed by atoms with Gasteiger partial charge in [0, 0.05) is 0 Å². The number of nitrogens with zero attached hydrogens (tertiary/aromatic N) is 1. The Balaban J connectivity index is 1.73. The number of imide groups is 1. The lowest BCUT2D eigenvalue weighted by molar-refractivity contribution is -0.173. The van der Waals surface area contributed by atoms with Gasteiger partial charge < -0.3 is 4.84 Å². The number of carbonyl (C=O) groups excluding carboxylic acids is 3. The lowest BCUT2D eigenvalue weighted by Crippen LogP contribution is -2.35. The molecule has 128 valence electrons. The molecule has 0 spiro atoms. The summed E-state index contributed by atoms with van der Waals surface area (Å²) in [6.07, 6.45) is 0. The molecule has 0 aliphatic carbocycles. The monoisotopic (exact) mass is 341 g/mol. The van der Waals surface area contributed by atoms with Crippen LogP contribution in [0, 0.1) is 11.7 Å². The first-order chi connectivity index (χ1) is 11.9. The molecule has 0 N–H and O–H groups in total. The summed E-state index contributed by atoms with van der Waals surface area (Å²) in [4.78, 5) is 41.9. The number of halogens is 1. The van der Waals surface area contributed by atoms with Crippen molar-refractivity contribution < 1.29 is 23.6 Å². The summed E-state index contributed by atoms with van der Waals surface area (Å²) in [5.74, 6) is -3.28. The maximum absolute atomic E-state index is 13.0. The summed E-state index contributed by atoms with van der Waals surface area (Å²) >= 11 is 0. The smallest absolute Gasteiger partial charge is 0.329 e. The molecule has 0 saturated carbocycles. The van der Waals surface area contributed by atoms with Gasteiger partial charge in [-0.3, -0.25) is 9.59 Å². The minimum absolute atomic E-state index is 0.208. The van der Waals surface area contributed by atoms with E-state index in [9.17, 15) is 18.8 Å². The highest BCUT2D eigenvalue weighted by Gasteiger charge is 2.39. The molecule has 1 aliphatic rings. The molecule has 2 amide bonds. The van der Waals surface area contributed by atoms with Crippen LogP contribution >= 0.6 is 0 Å². The van der Waals surface area contributed by atoms with Crippen molar-refractivity contribution >= 4 is 17.8 Å². The first kappa shape index (κ1) is 16.8. The van der Waals surface area contributed by atoms with E-state index in [-0.39, 0.29) is 22.9 Å². The van der Waals surface area contributed by atoms with Crippen molar-refractivity contribution in [2.24, 2.45) is 5.92 Å². The second-order valence-corrected chi connectivity index (χ2v) is 5.99. The van der Waals surface area contributed by atoms with Gasteiger partial charge in [-0.1, -0.05) is 43.2 Å². The van der Waals surface area contributed by atoms with Gasteiger partial charge in [-0.05, 0) is 35.7 Å². The summed E-state index contributed by atoms with van der Waals surface area (Å²) < 4.78 is 13.0. The van der Waals surface area contributed by atoms with Gasteiger partial charge in [0.25, 0.3) is 11.8 Å². The molecule has 0 radical (unpaired) electrons. The van der Waals surface area contributed by atoms with E-state index in [4.69, 9.17) is 4.84 Å². The second-order valence-electron chi connectivity index (χ2n) is 5.99. The Hall–Kier alpha value is -3.02. The highest BCUT2D eigenvalue weighted by atomic mass is 19.1. The van der Waals surface area contributed by atoms with Crippen LogP contribution < -0.4 is 0 Å². The van der Waals surface area contributed by atoms with Crippen molar-refractivity contribution in [2.75, 3.05) is 0 Å². The second kappa shape index (κ2) is 6.47. The molecule has 1 heterocycles. The third-order valence-corrected chi connectivity index (χ3v) is 4.46. The molecular formula is C19H16FNO4. The zero-order chi connectivity index (χ0) is 18.1. The predicted octanol–water partition coefficient (Wildman–Crippen LogP) is 3.32. The number of benzene rings is 2. The van der Waals surface area contributed by atoms with Crippen LogP contribution in [0.15, 0.2) is 48.5 Å². The minimum atomic E-state index is -0.702. The number of carbonyl (C=O) groups is 3. The van der Waals surface area contributed by atoms with Crippen LogP contribution in [-0.4, -0.2) is 22.8 Å². The van der Waals surface area contributed by atoms with Gasteiger partial charge in [-0.25, -0.2) is 9.18 Å². The summed E-state index contributed by atoms with van der Waals surface area (Å²) in [5.41, 5.74) is 1.17. The molecule has 2 atom stereocenters. The highest BCUT2D eigenvalue weighted by Crippen LogP contribution is 2.28. The van der Waals surface area contributed by atoms with Crippen LogP contribution in [0.1, 0.15) is 46.0 Å². The average Bonchev–Trinajstić information content (AvgIpc) is 2.86. The van der Waals surface area contributed by atoms with E-state index < -0.39 is 23.7 Å². The van der Waals surface area contributed by atoms with Crippen molar-refractivity contribution in [3.05, 3.63) is 71.0 Å². The molecule has 0 fully saturated rings. The first-order valence-electron chi connectivity index (χ1n) is 7.85. The van der Waals surface area contributed by atoms with Gasteiger partial charge in [0.05, 0.1) is 17.0 Å². The van der Waals surface area contributed by atoms with Gasteiger partial charge in [-0.15, -0.1) is 0 Å². The van der Waals surface area contributed by atoms with Crippen molar-refractivity contribution in [3.8, 4) is 0 Å². The van der Waals surface area contributed by atoms with E-state index in [1.165, 1.54) is 24.3 Å². The summed E-state index contributed by atoms with van der Waals surface area (Å²) in [5, 5.41) is 0.501. The average molecular weight is 341 g/mol. The zero-order valence-electron chi connectivity index (χ0n) is 13.7. The Morgan fingerprint density at radius 1 is 0.960 bits per heavy atom. The fraction of sp³-hybridized carbons (Fsp3) is 0.211. The molecule has 25 heavy (non-hydrogen) atoms. The van der Waals surface area contributed by atoms with Crippen LogP contribution in [-0.2, 0) is 9.63 Å². The molecule has 2 aromatic rings. The number of hydrogen-bond acceptors (Lipinski definition) is 4. The fourth-order valence-corrected chi connectivity index (χ4v) is 2.68. The Labute approximate surface area is 144 Å².